The predicted molar refractivity (Wildman–Crippen MR) is 64.8 cm³/mol. The van der Waals surface area contributed by atoms with E-state index in [1.807, 2.05) is 34.1 Å². The SMILES string of the molecule is CSc1c(NC(=O)OC(C)(C)C)cnn1C. The zero-order chi connectivity index (χ0) is 12.3. The second kappa shape index (κ2) is 4.78. The summed E-state index contributed by atoms with van der Waals surface area (Å²) in [5.74, 6) is 0. The Morgan fingerprint density at radius 1 is 1.56 bits per heavy atom. The summed E-state index contributed by atoms with van der Waals surface area (Å²) in [5.41, 5.74) is 0.176. The summed E-state index contributed by atoms with van der Waals surface area (Å²) in [4.78, 5) is 11.5. The molecule has 6 heteroatoms. The van der Waals surface area contributed by atoms with Crippen molar-refractivity contribution in [3.05, 3.63) is 6.20 Å². The number of nitrogens with one attached hydrogen (secondary N) is 1. The average Bonchev–Trinajstić information content (AvgIpc) is 2.43. The normalized spacial score (nSPS) is 11.3. The molecule has 0 aliphatic rings. The zero-order valence-corrected chi connectivity index (χ0v) is 11.0. The van der Waals surface area contributed by atoms with Gasteiger partial charge in [-0.2, -0.15) is 5.10 Å². The van der Waals surface area contributed by atoms with E-state index in [0.29, 0.717) is 5.69 Å². The molecule has 0 unspecified atom stereocenters. The van der Waals surface area contributed by atoms with Crippen molar-refractivity contribution in [1.29, 1.82) is 0 Å². The third-order valence-electron chi connectivity index (χ3n) is 1.71. The zero-order valence-electron chi connectivity index (χ0n) is 10.2. The Bertz CT molecular complexity index is 382. The number of anilines is 1. The van der Waals surface area contributed by atoms with Crippen molar-refractivity contribution in [2.24, 2.45) is 7.05 Å². The highest BCUT2D eigenvalue weighted by Gasteiger charge is 2.18. The number of aryl methyl sites for hydroxylation is 1. The molecular formula is C10H17N3O2S. The Labute approximate surface area is 99.5 Å². The monoisotopic (exact) mass is 243 g/mol. The summed E-state index contributed by atoms with van der Waals surface area (Å²) >= 11 is 1.52. The number of rotatable bonds is 2. The van der Waals surface area contributed by atoms with Gasteiger partial charge in [0, 0.05) is 7.05 Å². The molecule has 0 saturated carbocycles. The minimum Gasteiger partial charge on any atom is -0.444 e. The van der Waals surface area contributed by atoms with E-state index in [9.17, 15) is 4.79 Å². The minimum atomic E-state index is -0.494. The van der Waals surface area contributed by atoms with E-state index < -0.39 is 11.7 Å². The number of carbonyl (C=O) groups is 1. The van der Waals surface area contributed by atoms with Crippen molar-refractivity contribution < 1.29 is 9.53 Å². The summed E-state index contributed by atoms with van der Waals surface area (Å²) in [6, 6.07) is 0. The van der Waals surface area contributed by atoms with Gasteiger partial charge in [0.1, 0.15) is 10.6 Å². The van der Waals surface area contributed by atoms with Crippen molar-refractivity contribution in [3.8, 4) is 0 Å². The Kier molecular flexibility index (Phi) is 3.85. The van der Waals surface area contributed by atoms with E-state index in [-0.39, 0.29) is 0 Å². The maximum absolute atomic E-state index is 11.5. The predicted octanol–water partition coefficient (Wildman–Crippen LogP) is 2.49. The van der Waals surface area contributed by atoms with E-state index in [4.69, 9.17) is 4.74 Å². The van der Waals surface area contributed by atoms with Gasteiger partial charge in [0.15, 0.2) is 0 Å². The Morgan fingerprint density at radius 2 is 2.19 bits per heavy atom. The molecule has 1 rings (SSSR count). The number of hydrogen-bond donors (Lipinski definition) is 1. The summed E-state index contributed by atoms with van der Waals surface area (Å²) in [6.45, 7) is 5.47. The fraction of sp³-hybridized carbons (Fsp3) is 0.600. The van der Waals surface area contributed by atoms with Crippen molar-refractivity contribution in [2.45, 2.75) is 31.4 Å². The average molecular weight is 243 g/mol. The number of amides is 1. The number of ether oxygens (including phenoxy) is 1. The second-order valence-corrected chi connectivity index (χ2v) is 5.11. The van der Waals surface area contributed by atoms with E-state index >= 15 is 0 Å². The third-order valence-corrected chi connectivity index (χ3v) is 2.58. The van der Waals surface area contributed by atoms with E-state index in [2.05, 4.69) is 10.4 Å². The summed E-state index contributed by atoms with van der Waals surface area (Å²) in [6.07, 6.45) is 3.07. The van der Waals surface area contributed by atoms with Crippen LogP contribution in [0.3, 0.4) is 0 Å². The maximum atomic E-state index is 11.5. The molecular weight excluding hydrogens is 226 g/mol. The molecule has 16 heavy (non-hydrogen) atoms. The molecule has 90 valence electrons. The molecule has 5 nitrogen and oxygen atoms in total. The van der Waals surface area contributed by atoms with Crippen LogP contribution in [0.2, 0.25) is 0 Å². The van der Waals surface area contributed by atoms with Crippen molar-refractivity contribution in [3.63, 3.8) is 0 Å². The highest BCUT2D eigenvalue weighted by Crippen LogP contribution is 2.24. The van der Waals surface area contributed by atoms with E-state index in [1.54, 1.807) is 10.9 Å². The van der Waals surface area contributed by atoms with Crippen LogP contribution in [0.15, 0.2) is 11.2 Å². The van der Waals surface area contributed by atoms with Crippen LogP contribution < -0.4 is 5.32 Å². The lowest BCUT2D eigenvalue weighted by Gasteiger charge is -2.19. The molecule has 0 aliphatic heterocycles. The largest absolute Gasteiger partial charge is 0.444 e. The standard InChI is InChI=1S/C10H17N3O2S/c1-10(2,3)15-9(14)12-7-6-11-13(4)8(7)16-5/h6H,1-5H3,(H,12,14). The number of carbonyl (C=O) groups excluding carboxylic acids is 1. The van der Waals surface area contributed by atoms with Crippen molar-refractivity contribution in [1.82, 2.24) is 9.78 Å². The van der Waals surface area contributed by atoms with Gasteiger partial charge in [-0.25, -0.2) is 4.79 Å². The second-order valence-electron chi connectivity index (χ2n) is 4.32. The molecule has 0 aliphatic carbocycles. The number of thioether (sulfide) groups is 1. The van der Waals surface area contributed by atoms with Gasteiger partial charge in [0.2, 0.25) is 0 Å². The Morgan fingerprint density at radius 3 is 2.69 bits per heavy atom. The minimum absolute atomic E-state index is 0.462. The Balaban J connectivity index is 2.70. The molecule has 0 atom stereocenters. The molecule has 0 bridgehead atoms. The van der Waals surface area contributed by atoms with Gasteiger partial charge in [0.05, 0.1) is 11.9 Å². The summed E-state index contributed by atoms with van der Waals surface area (Å²) in [5, 5.41) is 7.63. The van der Waals surface area contributed by atoms with Gasteiger partial charge in [-0.15, -0.1) is 11.8 Å². The van der Waals surface area contributed by atoms with Crippen LogP contribution >= 0.6 is 11.8 Å². The fourth-order valence-electron chi connectivity index (χ4n) is 1.17. The van der Waals surface area contributed by atoms with Gasteiger partial charge in [-0.3, -0.25) is 10.00 Å². The van der Waals surface area contributed by atoms with Gasteiger partial charge in [-0.1, -0.05) is 0 Å². The first-order chi connectivity index (χ1) is 7.33. The topological polar surface area (TPSA) is 56.1 Å². The van der Waals surface area contributed by atoms with Crippen LogP contribution in [0.25, 0.3) is 0 Å². The van der Waals surface area contributed by atoms with Crippen LogP contribution in [0.1, 0.15) is 20.8 Å². The smallest absolute Gasteiger partial charge is 0.412 e. The highest BCUT2D eigenvalue weighted by molar-refractivity contribution is 7.98. The van der Waals surface area contributed by atoms with Crippen LogP contribution in [0.5, 0.6) is 0 Å². The van der Waals surface area contributed by atoms with Crippen LogP contribution in [0, 0.1) is 0 Å². The summed E-state index contributed by atoms with van der Waals surface area (Å²) in [7, 11) is 1.83. The lowest BCUT2D eigenvalue weighted by Crippen LogP contribution is -2.27. The Hall–Kier alpha value is -1.17. The third kappa shape index (κ3) is 3.44. The summed E-state index contributed by atoms with van der Waals surface area (Å²) < 4.78 is 6.86. The molecule has 0 spiro atoms. The number of nitrogens with zero attached hydrogens (tertiary/aromatic N) is 2. The molecule has 1 aromatic rings. The first-order valence-corrected chi connectivity index (χ1v) is 6.12. The van der Waals surface area contributed by atoms with Gasteiger partial charge >= 0.3 is 6.09 Å². The quantitative estimate of drug-likeness (QED) is 0.811. The van der Waals surface area contributed by atoms with Crippen LogP contribution in [0.4, 0.5) is 10.5 Å². The molecule has 0 fully saturated rings. The van der Waals surface area contributed by atoms with Gasteiger partial charge in [0.25, 0.3) is 0 Å². The number of hydrogen-bond acceptors (Lipinski definition) is 4. The van der Waals surface area contributed by atoms with Crippen LogP contribution in [-0.2, 0) is 11.8 Å². The lowest BCUT2D eigenvalue weighted by atomic mass is 10.2. The van der Waals surface area contributed by atoms with E-state index in [0.717, 1.165) is 5.03 Å². The molecule has 0 saturated heterocycles. The highest BCUT2D eigenvalue weighted by atomic mass is 32.2. The molecule has 1 aromatic heterocycles. The first-order valence-electron chi connectivity index (χ1n) is 4.89. The van der Waals surface area contributed by atoms with E-state index in [1.165, 1.54) is 11.8 Å². The number of aromatic nitrogens is 2. The maximum Gasteiger partial charge on any atom is 0.412 e. The van der Waals surface area contributed by atoms with Crippen LogP contribution in [-0.4, -0.2) is 27.7 Å². The molecule has 1 amide bonds. The molecule has 1 N–H and O–H groups in total. The molecule has 1 heterocycles. The fourth-order valence-corrected chi connectivity index (χ4v) is 1.80. The molecule has 0 radical (unpaired) electrons. The van der Waals surface area contributed by atoms with Gasteiger partial charge < -0.3 is 4.74 Å². The van der Waals surface area contributed by atoms with Crippen molar-refractivity contribution >= 4 is 23.5 Å². The molecule has 0 aromatic carbocycles. The first kappa shape index (κ1) is 12.9. The van der Waals surface area contributed by atoms with Gasteiger partial charge in [-0.05, 0) is 27.0 Å². The van der Waals surface area contributed by atoms with Crippen molar-refractivity contribution in [2.75, 3.05) is 11.6 Å². The lowest BCUT2D eigenvalue weighted by molar-refractivity contribution is 0.0635.